The Kier molecular flexibility index (Phi) is 3.08. The van der Waals surface area contributed by atoms with Gasteiger partial charge in [0.1, 0.15) is 5.75 Å². The van der Waals surface area contributed by atoms with E-state index in [1.807, 2.05) is 55.5 Å². The molecule has 23 heavy (non-hydrogen) atoms. The van der Waals surface area contributed by atoms with Crippen LogP contribution in [0, 0.1) is 0 Å². The Morgan fingerprint density at radius 3 is 2.78 bits per heavy atom. The van der Waals surface area contributed by atoms with Crippen molar-refractivity contribution in [3.05, 3.63) is 59.0 Å². The minimum atomic E-state index is -0.314. The van der Waals surface area contributed by atoms with Gasteiger partial charge in [-0.3, -0.25) is 0 Å². The molecule has 2 aromatic heterocycles. The van der Waals surface area contributed by atoms with E-state index in [2.05, 4.69) is 15.1 Å². The summed E-state index contributed by atoms with van der Waals surface area (Å²) in [4.78, 5) is 19.6. The van der Waals surface area contributed by atoms with Crippen molar-refractivity contribution in [3.8, 4) is 17.1 Å². The summed E-state index contributed by atoms with van der Waals surface area (Å²) in [5, 5.41) is 5.20. The molecular formula is C17H14N4O2. The van der Waals surface area contributed by atoms with E-state index >= 15 is 0 Å². The van der Waals surface area contributed by atoms with E-state index in [1.165, 1.54) is 4.52 Å². The molecule has 0 radical (unpaired) electrons. The summed E-state index contributed by atoms with van der Waals surface area (Å²) in [5.41, 5.74) is 1.72. The number of H-pyrrole nitrogens is 1. The predicted molar refractivity (Wildman–Crippen MR) is 87.7 cm³/mol. The number of hydrogen-bond donors (Lipinski definition) is 1. The molecule has 0 fully saturated rings. The van der Waals surface area contributed by atoms with E-state index in [0.29, 0.717) is 23.8 Å². The lowest BCUT2D eigenvalue weighted by molar-refractivity contribution is 0.341. The second-order valence-electron chi connectivity index (χ2n) is 5.08. The number of fused-ring (bicyclic) bond motifs is 3. The fourth-order valence-electron chi connectivity index (χ4n) is 2.63. The van der Waals surface area contributed by atoms with Crippen LogP contribution in [0.25, 0.3) is 27.9 Å². The standard InChI is InChI=1S/C17H14N4O2/c1-2-23-14-10-6-4-8-12(14)15-19-16-11-7-3-5-9-13(11)18-17(22)21(16)20-15/h3-10H,2H2,1H3,(H,18,22). The maximum Gasteiger partial charge on any atom is 0.348 e. The Morgan fingerprint density at radius 2 is 1.91 bits per heavy atom. The zero-order chi connectivity index (χ0) is 15.8. The van der Waals surface area contributed by atoms with Gasteiger partial charge in [-0.05, 0) is 31.2 Å². The van der Waals surface area contributed by atoms with Gasteiger partial charge in [-0.15, -0.1) is 5.10 Å². The van der Waals surface area contributed by atoms with Crippen molar-refractivity contribution in [2.75, 3.05) is 6.61 Å². The fraction of sp³-hybridized carbons (Fsp3) is 0.118. The van der Waals surface area contributed by atoms with E-state index in [-0.39, 0.29) is 5.69 Å². The Hall–Kier alpha value is -3.15. The van der Waals surface area contributed by atoms with Crippen LogP contribution in [0.15, 0.2) is 53.3 Å². The van der Waals surface area contributed by atoms with Crippen LogP contribution < -0.4 is 10.4 Å². The molecule has 0 amide bonds. The van der Waals surface area contributed by atoms with Gasteiger partial charge in [0.25, 0.3) is 0 Å². The summed E-state index contributed by atoms with van der Waals surface area (Å²) in [6.07, 6.45) is 0. The molecule has 0 saturated carbocycles. The molecule has 6 nitrogen and oxygen atoms in total. The lowest BCUT2D eigenvalue weighted by Crippen LogP contribution is -2.17. The van der Waals surface area contributed by atoms with Crippen molar-refractivity contribution in [1.82, 2.24) is 19.6 Å². The molecule has 0 aliphatic carbocycles. The number of rotatable bonds is 3. The summed E-state index contributed by atoms with van der Waals surface area (Å²) < 4.78 is 6.92. The predicted octanol–water partition coefficient (Wildman–Crippen LogP) is 2.64. The molecular weight excluding hydrogens is 292 g/mol. The second kappa shape index (κ2) is 5.24. The minimum Gasteiger partial charge on any atom is -0.493 e. The lowest BCUT2D eigenvalue weighted by atomic mass is 10.2. The summed E-state index contributed by atoms with van der Waals surface area (Å²) in [7, 11) is 0. The maximum atomic E-state index is 12.2. The van der Waals surface area contributed by atoms with Gasteiger partial charge >= 0.3 is 5.69 Å². The number of ether oxygens (including phenoxy) is 1. The summed E-state index contributed by atoms with van der Waals surface area (Å²) in [6, 6.07) is 15.1. The van der Waals surface area contributed by atoms with Crippen LogP contribution in [-0.2, 0) is 0 Å². The van der Waals surface area contributed by atoms with Gasteiger partial charge in [-0.25, -0.2) is 9.78 Å². The van der Waals surface area contributed by atoms with E-state index < -0.39 is 0 Å². The van der Waals surface area contributed by atoms with E-state index in [0.717, 1.165) is 16.5 Å². The Balaban J connectivity index is 2.02. The third-order valence-electron chi connectivity index (χ3n) is 3.64. The monoisotopic (exact) mass is 306 g/mol. The lowest BCUT2D eigenvalue weighted by Gasteiger charge is -2.06. The topological polar surface area (TPSA) is 72.3 Å². The number of aromatic nitrogens is 4. The molecule has 0 aliphatic rings. The molecule has 0 saturated heterocycles. The summed E-state index contributed by atoms with van der Waals surface area (Å²) in [6.45, 7) is 2.47. The number of nitrogens with one attached hydrogen (secondary N) is 1. The maximum absolute atomic E-state index is 12.2. The van der Waals surface area contributed by atoms with Gasteiger partial charge < -0.3 is 9.72 Å². The molecule has 2 heterocycles. The summed E-state index contributed by atoms with van der Waals surface area (Å²) >= 11 is 0. The van der Waals surface area contributed by atoms with Crippen LogP contribution in [0.5, 0.6) is 5.75 Å². The minimum absolute atomic E-state index is 0.314. The van der Waals surface area contributed by atoms with Gasteiger partial charge in [-0.2, -0.15) is 4.52 Å². The molecule has 114 valence electrons. The number of hydrogen-bond acceptors (Lipinski definition) is 4. The third-order valence-corrected chi connectivity index (χ3v) is 3.64. The van der Waals surface area contributed by atoms with Gasteiger partial charge in [0.15, 0.2) is 11.5 Å². The molecule has 0 unspecified atom stereocenters. The van der Waals surface area contributed by atoms with Crippen molar-refractivity contribution >= 4 is 16.6 Å². The second-order valence-corrected chi connectivity index (χ2v) is 5.08. The molecule has 2 aromatic carbocycles. The van der Waals surface area contributed by atoms with Gasteiger partial charge in [0.2, 0.25) is 0 Å². The van der Waals surface area contributed by atoms with Crippen LogP contribution in [0.4, 0.5) is 0 Å². The Morgan fingerprint density at radius 1 is 1.13 bits per heavy atom. The van der Waals surface area contributed by atoms with Crippen LogP contribution in [0.3, 0.4) is 0 Å². The number of aromatic amines is 1. The SMILES string of the molecule is CCOc1ccccc1-c1nc2c3ccccc3[nH]c(=O)n2n1. The molecule has 0 atom stereocenters. The first kappa shape index (κ1) is 13.5. The third kappa shape index (κ3) is 2.15. The number of nitrogens with zero attached hydrogens (tertiary/aromatic N) is 3. The highest BCUT2D eigenvalue weighted by Crippen LogP contribution is 2.28. The van der Waals surface area contributed by atoms with E-state index in [9.17, 15) is 4.79 Å². The van der Waals surface area contributed by atoms with E-state index in [4.69, 9.17) is 4.74 Å². The van der Waals surface area contributed by atoms with Crippen molar-refractivity contribution < 1.29 is 4.74 Å². The summed E-state index contributed by atoms with van der Waals surface area (Å²) in [5.74, 6) is 1.17. The fourth-order valence-corrected chi connectivity index (χ4v) is 2.63. The average Bonchev–Trinajstić information content (AvgIpc) is 3.02. The van der Waals surface area contributed by atoms with Crippen molar-refractivity contribution in [2.24, 2.45) is 0 Å². The zero-order valence-electron chi connectivity index (χ0n) is 12.5. The van der Waals surface area contributed by atoms with Crippen LogP contribution >= 0.6 is 0 Å². The van der Waals surface area contributed by atoms with Crippen LogP contribution in [0.2, 0.25) is 0 Å². The Labute approximate surface area is 131 Å². The Bertz CT molecular complexity index is 1070. The van der Waals surface area contributed by atoms with E-state index in [1.54, 1.807) is 0 Å². The molecule has 4 rings (SSSR count). The quantitative estimate of drug-likeness (QED) is 0.631. The molecule has 0 spiro atoms. The molecule has 4 aromatic rings. The van der Waals surface area contributed by atoms with Crippen LogP contribution in [0.1, 0.15) is 6.92 Å². The number of para-hydroxylation sites is 2. The highest BCUT2D eigenvalue weighted by molar-refractivity contribution is 5.91. The molecule has 0 bridgehead atoms. The van der Waals surface area contributed by atoms with Crippen molar-refractivity contribution in [3.63, 3.8) is 0 Å². The normalized spacial score (nSPS) is 11.2. The van der Waals surface area contributed by atoms with Crippen LogP contribution in [-0.4, -0.2) is 26.2 Å². The molecule has 1 N–H and O–H groups in total. The average molecular weight is 306 g/mol. The first-order valence-corrected chi connectivity index (χ1v) is 7.38. The van der Waals surface area contributed by atoms with Crippen molar-refractivity contribution in [1.29, 1.82) is 0 Å². The van der Waals surface area contributed by atoms with Gasteiger partial charge in [-0.1, -0.05) is 24.3 Å². The molecule has 0 aliphatic heterocycles. The number of benzene rings is 2. The highest BCUT2D eigenvalue weighted by atomic mass is 16.5. The first-order valence-electron chi connectivity index (χ1n) is 7.38. The zero-order valence-corrected chi connectivity index (χ0v) is 12.5. The largest absolute Gasteiger partial charge is 0.493 e. The molecule has 6 heteroatoms. The highest BCUT2D eigenvalue weighted by Gasteiger charge is 2.14. The smallest absolute Gasteiger partial charge is 0.348 e. The van der Waals surface area contributed by atoms with Gasteiger partial charge in [0.05, 0.1) is 17.7 Å². The first-order chi connectivity index (χ1) is 11.3. The van der Waals surface area contributed by atoms with Gasteiger partial charge in [0, 0.05) is 5.39 Å². The van der Waals surface area contributed by atoms with Crippen molar-refractivity contribution in [2.45, 2.75) is 6.92 Å².